The lowest BCUT2D eigenvalue weighted by molar-refractivity contribution is -0.384. The number of amides is 1. The number of nitro benzene ring substituents is 1. The summed E-state index contributed by atoms with van der Waals surface area (Å²) < 4.78 is 6.46. The van der Waals surface area contributed by atoms with Gasteiger partial charge in [-0.25, -0.2) is 0 Å². The molecule has 0 saturated heterocycles. The van der Waals surface area contributed by atoms with Crippen LogP contribution in [0.15, 0.2) is 40.9 Å². The first-order chi connectivity index (χ1) is 13.2. The minimum atomic E-state index is -0.469. The van der Waals surface area contributed by atoms with Crippen molar-refractivity contribution in [2.75, 3.05) is 11.9 Å². The maximum absolute atomic E-state index is 12.7. The van der Waals surface area contributed by atoms with Crippen molar-refractivity contribution in [3.05, 3.63) is 62.1 Å². The number of hydrogen-bond acceptors (Lipinski definition) is 5. The molecule has 0 aliphatic heterocycles. The molecule has 0 bridgehead atoms. The summed E-state index contributed by atoms with van der Waals surface area (Å²) in [7, 11) is 0. The van der Waals surface area contributed by atoms with E-state index in [1.54, 1.807) is 31.2 Å². The van der Waals surface area contributed by atoms with Crippen molar-refractivity contribution >= 4 is 50.5 Å². The Kier molecular flexibility index (Phi) is 7.47. The van der Waals surface area contributed by atoms with E-state index in [0.29, 0.717) is 35.1 Å². The van der Waals surface area contributed by atoms with Crippen molar-refractivity contribution in [3.63, 3.8) is 0 Å². The number of thiocarbonyl (C=S) groups is 1. The van der Waals surface area contributed by atoms with Crippen LogP contribution in [0.5, 0.6) is 5.75 Å². The average Bonchev–Trinajstić information content (AvgIpc) is 2.61. The van der Waals surface area contributed by atoms with E-state index in [9.17, 15) is 14.9 Å². The number of halogens is 1. The molecule has 0 spiro atoms. The minimum absolute atomic E-state index is 0.0147. The van der Waals surface area contributed by atoms with E-state index in [1.807, 2.05) is 13.8 Å². The van der Waals surface area contributed by atoms with Crippen LogP contribution in [-0.2, 0) is 0 Å². The predicted octanol–water partition coefficient (Wildman–Crippen LogP) is 4.83. The first-order valence-corrected chi connectivity index (χ1v) is 9.67. The Balaban J connectivity index is 2.11. The normalized spacial score (nSPS) is 10.5. The molecule has 0 heterocycles. The molecule has 7 nitrogen and oxygen atoms in total. The Morgan fingerprint density at radius 2 is 2.00 bits per heavy atom. The van der Waals surface area contributed by atoms with Gasteiger partial charge in [-0.2, -0.15) is 0 Å². The standard InChI is InChI=1S/C19H20BrN3O4S/c1-11(2)10-27-17-7-4-13(20)9-15(17)18(24)22-19(28)21-16-6-5-14(23(25)26)8-12(16)3/h4-9,11H,10H2,1-3H3,(H2,21,22,24,28). The Hall–Kier alpha value is -2.52. The first-order valence-electron chi connectivity index (χ1n) is 8.47. The van der Waals surface area contributed by atoms with Gasteiger partial charge >= 0.3 is 0 Å². The van der Waals surface area contributed by atoms with Gasteiger partial charge in [-0.05, 0) is 54.9 Å². The molecular formula is C19H20BrN3O4S. The van der Waals surface area contributed by atoms with Gasteiger partial charge in [0.25, 0.3) is 11.6 Å². The number of anilines is 1. The molecule has 2 aromatic rings. The average molecular weight is 466 g/mol. The number of benzene rings is 2. The van der Waals surface area contributed by atoms with Gasteiger partial charge in [0.05, 0.1) is 17.1 Å². The molecule has 0 radical (unpaired) electrons. The van der Waals surface area contributed by atoms with Crippen LogP contribution in [-0.4, -0.2) is 22.5 Å². The van der Waals surface area contributed by atoms with Crippen LogP contribution in [0.25, 0.3) is 0 Å². The second-order valence-electron chi connectivity index (χ2n) is 6.51. The lowest BCUT2D eigenvalue weighted by atomic mass is 10.1. The van der Waals surface area contributed by atoms with Gasteiger partial charge in [0.15, 0.2) is 5.11 Å². The summed E-state index contributed by atoms with van der Waals surface area (Å²) in [6.07, 6.45) is 0. The number of ether oxygens (including phenoxy) is 1. The summed E-state index contributed by atoms with van der Waals surface area (Å²) in [5, 5.41) is 16.4. The molecule has 0 aliphatic rings. The second-order valence-corrected chi connectivity index (χ2v) is 7.83. The van der Waals surface area contributed by atoms with Crippen LogP contribution in [0.3, 0.4) is 0 Å². The van der Waals surface area contributed by atoms with E-state index in [0.717, 1.165) is 4.47 Å². The van der Waals surface area contributed by atoms with E-state index in [4.69, 9.17) is 17.0 Å². The number of hydrogen-bond donors (Lipinski definition) is 2. The lowest BCUT2D eigenvalue weighted by Crippen LogP contribution is -2.34. The number of carbonyl (C=O) groups excluding carboxylic acids is 1. The number of nitrogens with zero attached hydrogens (tertiary/aromatic N) is 1. The highest BCUT2D eigenvalue weighted by Gasteiger charge is 2.16. The zero-order chi connectivity index (χ0) is 20.8. The van der Waals surface area contributed by atoms with E-state index < -0.39 is 10.8 Å². The van der Waals surface area contributed by atoms with Crippen LogP contribution >= 0.6 is 28.1 Å². The summed E-state index contributed by atoms with van der Waals surface area (Å²) in [5.41, 5.74) is 1.54. The SMILES string of the molecule is Cc1cc([N+](=O)[O-])ccc1NC(=S)NC(=O)c1cc(Br)ccc1OCC(C)C. The molecule has 0 saturated carbocycles. The highest BCUT2D eigenvalue weighted by molar-refractivity contribution is 9.10. The van der Waals surface area contributed by atoms with E-state index in [1.165, 1.54) is 12.1 Å². The molecule has 0 atom stereocenters. The Labute approximate surface area is 176 Å². The maximum Gasteiger partial charge on any atom is 0.269 e. The predicted molar refractivity (Wildman–Crippen MR) is 116 cm³/mol. The van der Waals surface area contributed by atoms with Crippen LogP contribution in [0.4, 0.5) is 11.4 Å². The molecule has 9 heteroatoms. The molecule has 2 aromatic carbocycles. The zero-order valence-corrected chi connectivity index (χ0v) is 18.0. The molecule has 0 fully saturated rings. The van der Waals surface area contributed by atoms with E-state index in [-0.39, 0.29) is 10.8 Å². The molecule has 28 heavy (non-hydrogen) atoms. The van der Waals surface area contributed by atoms with Gasteiger partial charge in [0, 0.05) is 22.3 Å². The van der Waals surface area contributed by atoms with Crippen molar-refractivity contribution in [2.45, 2.75) is 20.8 Å². The van der Waals surface area contributed by atoms with Gasteiger partial charge in [-0.15, -0.1) is 0 Å². The Morgan fingerprint density at radius 1 is 1.29 bits per heavy atom. The first kappa shape index (κ1) is 21.8. The molecule has 2 rings (SSSR count). The van der Waals surface area contributed by atoms with Crippen LogP contribution in [0.2, 0.25) is 0 Å². The van der Waals surface area contributed by atoms with Crippen molar-refractivity contribution in [2.24, 2.45) is 5.92 Å². The summed E-state index contributed by atoms with van der Waals surface area (Å²) in [5.74, 6) is 0.355. The lowest BCUT2D eigenvalue weighted by Gasteiger charge is -2.15. The molecule has 1 amide bonds. The number of rotatable bonds is 6. The van der Waals surface area contributed by atoms with Crippen LogP contribution in [0.1, 0.15) is 29.8 Å². The molecule has 2 N–H and O–H groups in total. The van der Waals surface area contributed by atoms with E-state index in [2.05, 4.69) is 26.6 Å². The van der Waals surface area contributed by atoms with Crippen molar-refractivity contribution in [1.82, 2.24) is 5.32 Å². The van der Waals surface area contributed by atoms with Crippen LogP contribution in [0, 0.1) is 23.0 Å². The van der Waals surface area contributed by atoms with Gasteiger partial charge < -0.3 is 10.1 Å². The highest BCUT2D eigenvalue weighted by atomic mass is 79.9. The quantitative estimate of drug-likeness (QED) is 0.360. The van der Waals surface area contributed by atoms with Crippen molar-refractivity contribution in [3.8, 4) is 5.75 Å². The largest absolute Gasteiger partial charge is 0.492 e. The summed E-state index contributed by atoms with van der Waals surface area (Å²) >= 11 is 8.56. The maximum atomic E-state index is 12.7. The third kappa shape index (κ3) is 6.00. The number of nitro groups is 1. The summed E-state index contributed by atoms with van der Waals surface area (Å²) in [4.78, 5) is 23.0. The number of carbonyl (C=O) groups is 1. The monoisotopic (exact) mass is 465 g/mol. The third-order valence-electron chi connectivity index (χ3n) is 3.65. The van der Waals surface area contributed by atoms with Gasteiger partial charge in [-0.1, -0.05) is 29.8 Å². The fourth-order valence-corrected chi connectivity index (χ4v) is 2.85. The van der Waals surface area contributed by atoms with Gasteiger partial charge in [0.1, 0.15) is 5.75 Å². The minimum Gasteiger partial charge on any atom is -0.492 e. The summed E-state index contributed by atoms with van der Waals surface area (Å²) in [6, 6.07) is 9.51. The van der Waals surface area contributed by atoms with Crippen molar-refractivity contribution in [1.29, 1.82) is 0 Å². The second kappa shape index (κ2) is 9.61. The van der Waals surface area contributed by atoms with Crippen LogP contribution < -0.4 is 15.4 Å². The number of nitrogens with one attached hydrogen (secondary N) is 2. The number of aryl methyl sites for hydroxylation is 1. The highest BCUT2D eigenvalue weighted by Crippen LogP contribution is 2.24. The fourth-order valence-electron chi connectivity index (χ4n) is 2.29. The molecule has 0 aliphatic carbocycles. The smallest absolute Gasteiger partial charge is 0.269 e. The fraction of sp³-hybridized carbons (Fsp3) is 0.263. The Bertz CT molecular complexity index is 918. The third-order valence-corrected chi connectivity index (χ3v) is 4.35. The van der Waals surface area contributed by atoms with Crippen molar-refractivity contribution < 1.29 is 14.5 Å². The summed E-state index contributed by atoms with van der Waals surface area (Å²) in [6.45, 7) is 6.23. The topological polar surface area (TPSA) is 93.5 Å². The van der Waals surface area contributed by atoms with E-state index >= 15 is 0 Å². The molecule has 0 unspecified atom stereocenters. The zero-order valence-electron chi connectivity index (χ0n) is 15.6. The Morgan fingerprint density at radius 3 is 2.61 bits per heavy atom. The molecule has 148 valence electrons. The molecule has 0 aromatic heterocycles. The molecular weight excluding hydrogens is 446 g/mol. The van der Waals surface area contributed by atoms with Gasteiger partial charge in [-0.3, -0.25) is 20.2 Å². The van der Waals surface area contributed by atoms with Gasteiger partial charge in [0.2, 0.25) is 0 Å². The number of non-ortho nitro benzene ring substituents is 1.